The summed E-state index contributed by atoms with van der Waals surface area (Å²) in [6.07, 6.45) is 4.01. The van der Waals surface area contributed by atoms with E-state index in [2.05, 4.69) is 58.8 Å². The molecule has 5 nitrogen and oxygen atoms in total. The fourth-order valence-electron chi connectivity index (χ4n) is 4.89. The Balaban J connectivity index is 1.72. The van der Waals surface area contributed by atoms with Crippen molar-refractivity contribution in [3.8, 4) is 11.5 Å². The van der Waals surface area contributed by atoms with Crippen molar-refractivity contribution < 1.29 is 19.1 Å². The Kier molecular flexibility index (Phi) is 5.01. The second-order valence-electron chi connectivity index (χ2n) is 11.3. The van der Waals surface area contributed by atoms with Gasteiger partial charge in [0.25, 0.3) is 0 Å². The summed E-state index contributed by atoms with van der Waals surface area (Å²) in [5.74, 6) is 1.26. The van der Waals surface area contributed by atoms with Gasteiger partial charge in [0, 0.05) is 16.7 Å². The Bertz CT molecular complexity index is 1210. The summed E-state index contributed by atoms with van der Waals surface area (Å²) >= 11 is 0. The first kappa shape index (κ1) is 22.5. The van der Waals surface area contributed by atoms with Gasteiger partial charge >= 0.3 is 0 Å². The van der Waals surface area contributed by atoms with Gasteiger partial charge in [0.1, 0.15) is 0 Å². The molecule has 2 aromatic rings. The predicted octanol–water partition coefficient (Wildman–Crippen LogP) is 6.20. The van der Waals surface area contributed by atoms with Gasteiger partial charge in [-0.05, 0) is 46.7 Å². The number of rotatable bonds is 2. The standard InChI is InChI=1S/C29H31NO4/c1-27(2,3)20-15-29(16-21(26(20)31)28(4,5)6)24(18-10-8-7-9-11-18)25(30-34-29)19-12-13-22-23(14-19)33-17-32-22/h7-16,24H,17H2,1-6H3. The third-order valence-electron chi connectivity index (χ3n) is 6.67. The third kappa shape index (κ3) is 3.64. The summed E-state index contributed by atoms with van der Waals surface area (Å²) in [6, 6.07) is 16.1. The molecule has 2 aromatic carbocycles. The second-order valence-corrected chi connectivity index (χ2v) is 11.3. The molecule has 0 radical (unpaired) electrons. The number of hydrogen-bond acceptors (Lipinski definition) is 5. The van der Waals surface area contributed by atoms with Crippen LogP contribution < -0.4 is 9.47 Å². The number of nitrogens with zero attached hydrogens (tertiary/aromatic N) is 1. The number of carbonyl (C=O) groups excluding carboxylic acids is 1. The Morgan fingerprint density at radius 1 is 0.853 bits per heavy atom. The van der Waals surface area contributed by atoms with Gasteiger partial charge in [-0.1, -0.05) is 77.0 Å². The normalized spacial score (nSPS) is 21.2. The highest BCUT2D eigenvalue weighted by Crippen LogP contribution is 2.50. The molecule has 0 N–H and O–H groups in total. The minimum atomic E-state index is -0.911. The van der Waals surface area contributed by atoms with E-state index >= 15 is 0 Å². The number of hydrogen-bond donors (Lipinski definition) is 0. The number of allylic oxidation sites excluding steroid dienone is 2. The summed E-state index contributed by atoms with van der Waals surface area (Å²) in [5.41, 5.74) is 2.68. The maximum Gasteiger partial charge on any atom is 0.231 e. The summed E-state index contributed by atoms with van der Waals surface area (Å²) in [6.45, 7) is 12.6. The summed E-state index contributed by atoms with van der Waals surface area (Å²) in [4.78, 5) is 20.0. The number of ether oxygens (including phenoxy) is 2. The molecule has 2 aliphatic heterocycles. The summed E-state index contributed by atoms with van der Waals surface area (Å²) in [7, 11) is 0. The third-order valence-corrected chi connectivity index (χ3v) is 6.67. The number of ketones is 1. The van der Waals surface area contributed by atoms with Gasteiger partial charge in [0.2, 0.25) is 6.79 Å². The summed E-state index contributed by atoms with van der Waals surface area (Å²) in [5, 5.41) is 4.64. The second kappa shape index (κ2) is 7.59. The zero-order chi connectivity index (χ0) is 24.3. The highest BCUT2D eigenvalue weighted by atomic mass is 16.7. The molecule has 1 unspecified atom stereocenters. The molecule has 5 heteroatoms. The van der Waals surface area contributed by atoms with Gasteiger partial charge in [0.15, 0.2) is 22.9 Å². The van der Waals surface area contributed by atoms with Crippen molar-refractivity contribution in [2.45, 2.75) is 53.1 Å². The van der Waals surface area contributed by atoms with Crippen molar-refractivity contribution >= 4 is 11.5 Å². The molecule has 3 aliphatic rings. The molecule has 176 valence electrons. The predicted molar refractivity (Wildman–Crippen MR) is 132 cm³/mol. The molecule has 5 rings (SSSR count). The Morgan fingerprint density at radius 3 is 2.09 bits per heavy atom. The first-order valence-corrected chi connectivity index (χ1v) is 11.7. The first-order valence-electron chi connectivity index (χ1n) is 11.7. The number of carbonyl (C=O) groups is 1. The van der Waals surface area contributed by atoms with Crippen LogP contribution in [0.3, 0.4) is 0 Å². The van der Waals surface area contributed by atoms with Gasteiger partial charge in [-0.2, -0.15) is 0 Å². The Morgan fingerprint density at radius 2 is 1.47 bits per heavy atom. The lowest BCUT2D eigenvalue weighted by Gasteiger charge is -2.38. The molecular formula is C29H31NO4. The van der Waals surface area contributed by atoms with E-state index in [1.54, 1.807) is 0 Å². The molecule has 0 saturated heterocycles. The molecule has 0 bridgehead atoms. The zero-order valence-corrected chi connectivity index (χ0v) is 20.6. The molecule has 0 aromatic heterocycles. The molecule has 1 atom stereocenters. The van der Waals surface area contributed by atoms with Gasteiger partial charge in [-0.25, -0.2) is 0 Å². The van der Waals surface area contributed by atoms with Crippen molar-refractivity contribution in [1.29, 1.82) is 0 Å². The Hall–Kier alpha value is -3.34. The van der Waals surface area contributed by atoms with Gasteiger partial charge < -0.3 is 14.3 Å². The number of benzene rings is 2. The van der Waals surface area contributed by atoms with E-state index in [1.165, 1.54) is 0 Å². The average Bonchev–Trinajstić information content (AvgIpc) is 3.38. The lowest BCUT2D eigenvalue weighted by Crippen LogP contribution is -2.41. The van der Waals surface area contributed by atoms with Crippen LogP contribution in [0.2, 0.25) is 0 Å². The van der Waals surface area contributed by atoms with Crippen LogP contribution in [-0.2, 0) is 9.63 Å². The van der Waals surface area contributed by atoms with Crippen LogP contribution in [0.15, 0.2) is 77.0 Å². The van der Waals surface area contributed by atoms with Crippen molar-refractivity contribution in [2.75, 3.05) is 6.79 Å². The van der Waals surface area contributed by atoms with Crippen LogP contribution >= 0.6 is 0 Å². The number of oxime groups is 1. The zero-order valence-electron chi connectivity index (χ0n) is 20.6. The van der Waals surface area contributed by atoms with Crippen LogP contribution in [0.1, 0.15) is 58.6 Å². The molecule has 2 heterocycles. The van der Waals surface area contributed by atoms with Crippen molar-refractivity contribution in [3.05, 3.63) is 83.0 Å². The molecule has 0 fully saturated rings. The van der Waals surface area contributed by atoms with Crippen LogP contribution in [0, 0.1) is 10.8 Å². The maximum absolute atomic E-state index is 13.6. The largest absolute Gasteiger partial charge is 0.454 e. The average molecular weight is 458 g/mol. The van der Waals surface area contributed by atoms with Crippen molar-refractivity contribution in [3.63, 3.8) is 0 Å². The molecule has 0 amide bonds. The van der Waals surface area contributed by atoms with Gasteiger partial charge in [0.05, 0.1) is 11.6 Å². The van der Waals surface area contributed by atoms with Crippen LogP contribution in [-0.4, -0.2) is 23.9 Å². The highest BCUT2D eigenvalue weighted by molar-refractivity contribution is 6.13. The van der Waals surface area contributed by atoms with E-state index in [0.717, 1.165) is 33.7 Å². The van der Waals surface area contributed by atoms with E-state index in [9.17, 15) is 4.79 Å². The van der Waals surface area contributed by atoms with Crippen molar-refractivity contribution in [2.24, 2.45) is 16.0 Å². The maximum atomic E-state index is 13.6. The van der Waals surface area contributed by atoms with Crippen molar-refractivity contribution in [1.82, 2.24) is 0 Å². The van der Waals surface area contributed by atoms with E-state index in [1.807, 2.05) is 48.6 Å². The topological polar surface area (TPSA) is 57.1 Å². The quantitative estimate of drug-likeness (QED) is 0.539. The fraction of sp³-hybridized carbons (Fsp3) is 0.379. The van der Waals surface area contributed by atoms with Crippen LogP contribution in [0.25, 0.3) is 0 Å². The Labute approximate surface area is 201 Å². The minimum Gasteiger partial charge on any atom is -0.454 e. The molecule has 1 aliphatic carbocycles. The van der Waals surface area contributed by atoms with E-state index in [4.69, 9.17) is 14.3 Å². The van der Waals surface area contributed by atoms with E-state index in [-0.39, 0.29) is 29.3 Å². The summed E-state index contributed by atoms with van der Waals surface area (Å²) < 4.78 is 11.1. The molecular weight excluding hydrogens is 426 g/mol. The van der Waals surface area contributed by atoms with Crippen LogP contribution in [0.5, 0.6) is 11.5 Å². The van der Waals surface area contributed by atoms with E-state index in [0.29, 0.717) is 5.75 Å². The molecule has 1 spiro atoms. The number of fused-ring (bicyclic) bond motifs is 1. The van der Waals surface area contributed by atoms with Crippen LogP contribution in [0.4, 0.5) is 0 Å². The van der Waals surface area contributed by atoms with Gasteiger partial charge in [-0.3, -0.25) is 4.79 Å². The monoisotopic (exact) mass is 457 g/mol. The van der Waals surface area contributed by atoms with Gasteiger partial charge in [-0.15, -0.1) is 0 Å². The van der Waals surface area contributed by atoms with E-state index < -0.39 is 5.60 Å². The fourth-order valence-corrected chi connectivity index (χ4v) is 4.89. The first-order chi connectivity index (χ1) is 16.0. The minimum absolute atomic E-state index is 0.0811. The molecule has 0 saturated carbocycles. The number of Topliss-reactive ketones (excluding diaryl/α,β-unsaturated/α-hetero) is 1. The lowest BCUT2D eigenvalue weighted by molar-refractivity contribution is -0.114. The SMILES string of the molecule is CC(C)(C)C1=CC2(C=C(C(C)(C)C)C1=O)ON=C(c1ccc3c(c1)OCO3)C2c1ccccc1. The lowest BCUT2D eigenvalue weighted by atomic mass is 9.65. The molecule has 34 heavy (non-hydrogen) atoms. The highest BCUT2D eigenvalue weighted by Gasteiger charge is 2.52. The smallest absolute Gasteiger partial charge is 0.231 e.